The molecule has 0 aromatic heterocycles. The summed E-state index contributed by atoms with van der Waals surface area (Å²) in [7, 11) is 0. The second-order valence-electron chi connectivity index (χ2n) is 14.4. The molecule has 328 valence electrons. The maximum atomic E-state index is 13.3. The Kier molecular flexibility index (Phi) is 33.8. The number of halogens is 8. The molecule has 0 N–H and O–H groups in total. The van der Waals surface area contributed by atoms with Gasteiger partial charge in [-0.1, -0.05) is 143 Å². The van der Waals surface area contributed by atoms with Crippen LogP contribution in [0.2, 0.25) is 0 Å². The second kappa shape index (κ2) is 35.6. The van der Waals surface area contributed by atoms with E-state index in [4.69, 9.17) is 9.47 Å². The molecule has 0 aliphatic rings. The quantitative estimate of drug-likeness (QED) is 0.0230. The molecule has 0 saturated carbocycles. The van der Waals surface area contributed by atoms with Crippen LogP contribution in [0.1, 0.15) is 153 Å². The predicted octanol–water partition coefficient (Wildman–Crippen LogP) is 16.1. The van der Waals surface area contributed by atoms with Crippen molar-refractivity contribution in [2.75, 3.05) is 13.2 Å². The van der Waals surface area contributed by atoms with Gasteiger partial charge in [-0.3, -0.25) is 17.6 Å². The molecule has 0 heterocycles. The monoisotopic (exact) mass is 872 g/mol. The van der Waals surface area contributed by atoms with Crippen LogP contribution < -0.4 is 9.47 Å². The zero-order valence-electron chi connectivity index (χ0n) is 35.5. The van der Waals surface area contributed by atoms with Gasteiger partial charge in [0.1, 0.15) is 0 Å². The molecule has 0 aliphatic heterocycles. The van der Waals surface area contributed by atoms with E-state index in [-0.39, 0.29) is 34.9 Å². The van der Waals surface area contributed by atoms with Gasteiger partial charge in [0.05, 0.1) is 71.3 Å². The van der Waals surface area contributed by atoms with Crippen LogP contribution in [0, 0.1) is 72.5 Å². The van der Waals surface area contributed by atoms with Gasteiger partial charge < -0.3 is 9.47 Å². The fourth-order valence-corrected chi connectivity index (χ4v) is 5.72. The molecule has 2 nitrogen and oxygen atoms in total. The minimum absolute atomic E-state index is 0. The zero-order chi connectivity index (χ0) is 43.0. The molecule has 0 atom stereocenters. The Hall–Kier alpha value is -3.11. The summed E-state index contributed by atoms with van der Waals surface area (Å²) >= 11 is 0. The normalized spacial score (nSPS) is 10.4. The first-order chi connectivity index (χ1) is 27.9. The number of ether oxygens (including phenoxy) is 2. The third-order valence-electron chi connectivity index (χ3n) is 9.15. The summed E-state index contributed by atoms with van der Waals surface area (Å²) in [5.74, 6) is -14.4. The fraction of sp³-hybridized carbons (Fsp3) is 0.542. The van der Waals surface area contributed by atoms with Crippen molar-refractivity contribution in [2.24, 2.45) is 0 Å². The van der Waals surface area contributed by atoms with Gasteiger partial charge in [-0.15, -0.1) is 12.1 Å². The third kappa shape index (κ3) is 26.0. The van der Waals surface area contributed by atoms with E-state index in [0.29, 0.717) is 12.8 Å². The standard InChI is InChI=1S/2C18H25F4O.2C6H7.Ti/c2*1-2-3-4-5-6-7-8-9-10-11-12-23-18-16(21)14(19)13-15(20)17(18)22;2*1-6-4-2-3-5-6;/h2*2-12H2,1H3;2*2-5H,1H3;/q4*-1;+4. The Morgan fingerprint density at radius 3 is 0.814 bits per heavy atom. The van der Waals surface area contributed by atoms with Crippen LogP contribution >= 0.6 is 0 Å². The van der Waals surface area contributed by atoms with Gasteiger partial charge in [0.15, 0.2) is 0 Å². The average molecular weight is 873 g/mol. The minimum Gasteiger partial charge on any atom is -0.513 e. The summed E-state index contributed by atoms with van der Waals surface area (Å²) in [6, 6.07) is 19.1. The van der Waals surface area contributed by atoms with Crippen molar-refractivity contribution in [2.45, 2.75) is 156 Å². The Morgan fingerprint density at radius 1 is 0.390 bits per heavy atom. The third-order valence-corrected chi connectivity index (χ3v) is 9.15. The molecule has 0 spiro atoms. The summed E-state index contributed by atoms with van der Waals surface area (Å²) in [5.41, 5.74) is 2.69. The molecule has 0 amide bonds. The van der Waals surface area contributed by atoms with Crippen LogP contribution in [0.25, 0.3) is 0 Å². The first kappa shape index (κ1) is 55.9. The van der Waals surface area contributed by atoms with Gasteiger partial charge in [-0.25, -0.2) is 41.8 Å². The van der Waals surface area contributed by atoms with Crippen LogP contribution in [-0.4, -0.2) is 13.2 Å². The van der Waals surface area contributed by atoms with Crippen molar-refractivity contribution in [1.82, 2.24) is 0 Å². The van der Waals surface area contributed by atoms with Crippen LogP contribution in [0.5, 0.6) is 11.5 Å². The largest absolute Gasteiger partial charge is 4.00 e. The van der Waals surface area contributed by atoms with Crippen molar-refractivity contribution in [3.8, 4) is 11.5 Å². The Bertz CT molecular complexity index is 1410. The average Bonchev–Trinajstić information content (AvgIpc) is 3.90. The number of hydrogen-bond acceptors (Lipinski definition) is 2. The molecule has 0 saturated heterocycles. The summed E-state index contributed by atoms with van der Waals surface area (Å²) in [6.45, 7) is 8.62. The van der Waals surface area contributed by atoms with Gasteiger partial charge >= 0.3 is 21.7 Å². The molecule has 0 radical (unpaired) electrons. The molecule has 0 fully saturated rings. The van der Waals surface area contributed by atoms with E-state index < -0.39 is 58.0 Å². The molecule has 0 unspecified atom stereocenters. The number of rotatable bonds is 24. The first-order valence-corrected chi connectivity index (χ1v) is 21.1. The van der Waals surface area contributed by atoms with E-state index in [0.717, 1.165) is 38.5 Å². The summed E-state index contributed by atoms with van der Waals surface area (Å²) in [5, 5.41) is 0. The second-order valence-corrected chi connectivity index (χ2v) is 14.4. The number of hydrogen-bond donors (Lipinski definition) is 0. The van der Waals surface area contributed by atoms with Gasteiger partial charge in [-0.2, -0.15) is 35.4 Å². The van der Waals surface area contributed by atoms with Gasteiger partial charge in [0.2, 0.25) is 0 Å². The molecule has 11 heteroatoms. The topological polar surface area (TPSA) is 18.5 Å². The summed E-state index contributed by atoms with van der Waals surface area (Å²) < 4.78 is 115. The Balaban J connectivity index is 0.000000872. The molecule has 59 heavy (non-hydrogen) atoms. The summed E-state index contributed by atoms with van der Waals surface area (Å²) in [6.07, 6.45) is 22.3. The fourth-order valence-electron chi connectivity index (χ4n) is 5.72. The smallest absolute Gasteiger partial charge is 0.513 e. The van der Waals surface area contributed by atoms with Crippen molar-refractivity contribution >= 4 is 0 Å². The van der Waals surface area contributed by atoms with E-state index in [1.807, 2.05) is 24.3 Å². The van der Waals surface area contributed by atoms with E-state index in [2.05, 4.69) is 52.0 Å². The Morgan fingerprint density at radius 2 is 0.610 bits per heavy atom. The summed E-state index contributed by atoms with van der Waals surface area (Å²) in [4.78, 5) is 0. The van der Waals surface area contributed by atoms with Crippen LogP contribution in [0.15, 0.2) is 48.5 Å². The van der Waals surface area contributed by atoms with Crippen molar-refractivity contribution < 1.29 is 66.3 Å². The molecule has 0 bridgehead atoms. The zero-order valence-corrected chi connectivity index (χ0v) is 37.1. The molecular formula is C48H64F8O2Ti. The SMILES string of the molecule is CCCCCCCCCCCCOc1c(F)c(F)[c-]c(F)c1F.CCCCCCCCCCCCOc1c(F)c(F)[c-]c(F)c1F.C[c-]1cccc1.C[c-]1cccc1.[Ti+4]. The number of aryl methyl sites for hydroxylation is 2. The van der Waals surface area contributed by atoms with E-state index in [1.54, 1.807) is 0 Å². The van der Waals surface area contributed by atoms with Crippen molar-refractivity contribution in [1.29, 1.82) is 0 Å². The van der Waals surface area contributed by atoms with Gasteiger partial charge in [-0.05, 0) is 12.8 Å². The van der Waals surface area contributed by atoms with E-state index in [1.165, 1.54) is 100 Å². The predicted molar refractivity (Wildman–Crippen MR) is 218 cm³/mol. The molecule has 4 rings (SSSR count). The van der Waals surface area contributed by atoms with Crippen molar-refractivity contribution in [3.05, 3.63) is 118 Å². The maximum absolute atomic E-state index is 13.3. The minimum atomic E-state index is -1.57. The molecule has 0 aliphatic carbocycles. The van der Waals surface area contributed by atoms with Crippen LogP contribution in [0.4, 0.5) is 35.1 Å². The molecule has 4 aromatic rings. The van der Waals surface area contributed by atoms with Gasteiger partial charge in [0.25, 0.3) is 0 Å². The maximum Gasteiger partial charge on any atom is 4.00 e. The Labute approximate surface area is 364 Å². The van der Waals surface area contributed by atoms with E-state index >= 15 is 0 Å². The van der Waals surface area contributed by atoms with Crippen LogP contribution in [-0.2, 0) is 21.7 Å². The molecular weight excluding hydrogens is 808 g/mol. The van der Waals surface area contributed by atoms with Crippen molar-refractivity contribution in [3.63, 3.8) is 0 Å². The number of unbranched alkanes of at least 4 members (excludes halogenated alkanes) is 18. The van der Waals surface area contributed by atoms with E-state index in [9.17, 15) is 35.1 Å². The van der Waals surface area contributed by atoms with Gasteiger partial charge in [0, 0.05) is 0 Å². The van der Waals surface area contributed by atoms with Crippen LogP contribution in [0.3, 0.4) is 0 Å². The molecule has 4 aromatic carbocycles. The first-order valence-electron chi connectivity index (χ1n) is 21.1. The number of benzene rings is 2.